The molecular weight excluding hydrogens is 208 g/mol. The van der Waals surface area contributed by atoms with Gasteiger partial charge in [0, 0.05) is 6.54 Å². The van der Waals surface area contributed by atoms with Crippen molar-refractivity contribution >= 4 is 5.97 Å². The minimum absolute atomic E-state index is 0.0647. The number of aliphatic hydroxyl groups excluding tert-OH is 1. The Kier molecular flexibility index (Phi) is 5.10. The number of carbonyl (C=O) groups excluding carboxylic acids is 1. The maximum Gasteiger partial charge on any atom is 0.312 e. The Morgan fingerprint density at radius 2 is 1.93 bits per heavy atom. The van der Waals surface area contributed by atoms with E-state index in [1.165, 1.54) is 7.11 Å². The van der Waals surface area contributed by atoms with Crippen LogP contribution in [0.4, 0.5) is 8.78 Å². The van der Waals surface area contributed by atoms with Crippen LogP contribution >= 0.6 is 0 Å². The Morgan fingerprint density at radius 1 is 1.40 bits per heavy atom. The fraction of sp³-hybridized carbons (Fsp3) is 0.889. The predicted octanol–water partition coefficient (Wildman–Crippen LogP) is 0.403. The smallest absolute Gasteiger partial charge is 0.312 e. The third-order valence-corrected chi connectivity index (χ3v) is 1.92. The number of alkyl halides is 2. The molecule has 0 aromatic carbocycles. The van der Waals surface area contributed by atoms with Gasteiger partial charge in [-0.2, -0.15) is 0 Å². The zero-order chi connectivity index (χ0) is 12.1. The van der Waals surface area contributed by atoms with E-state index in [4.69, 9.17) is 5.11 Å². The largest absolute Gasteiger partial charge is 0.469 e. The average molecular weight is 225 g/mol. The van der Waals surface area contributed by atoms with E-state index in [1.807, 2.05) is 0 Å². The Bertz CT molecular complexity index is 219. The van der Waals surface area contributed by atoms with Crippen LogP contribution in [0.15, 0.2) is 0 Å². The van der Waals surface area contributed by atoms with E-state index >= 15 is 0 Å². The van der Waals surface area contributed by atoms with Gasteiger partial charge < -0.3 is 15.2 Å². The van der Waals surface area contributed by atoms with Crippen molar-refractivity contribution in [1.29, 1.82) is 0 Å². The second kappa shape index (κ2) is 5.37. The molecule has 0 saturated heterocycles. The van der Waals surface area contributed by atoms with Crippen LogP contribution in [-0.4, -0.2) is 43.8 Å². The lowest BCUT2D eigenvalue weighted by Crippen LogP contribution is -2.43. The van der Waals surface area contributed by atoms with Gasteiger partial charge in [0.25, 0.3) is 5.92 Å². The van der Waals surface area contributed by atoms with Crippen molar-refractivity contribution in [3.05, 3.63) is 0 Å². The Hall–Kier alpha value is -0.750. The maximum atomic E-state index is 12.6. The van der Waals surface area contributed by atoms with Crippen molar-refractivity contribution in [1.82, 2.24) is 5.32 Å². The van der Waals surface area contributed by atoms with E-state index in [0.717, 1.165) is 0 Å². The van der Waals surface area contributed by atoms with Gasteiger partial charge in [0.15, 0.2) is 0 Å². The van der Waals surface area contributed by atoms with Gasteiger partial charge in [0.1, 0.15) is 6.61 Å². The fourth-order valence-corrected chi connectivity index (χ4v) is 0.962. The highest BCUT2D eigenvalue weighted by molar-refractivity contribution is 5.76. The number of carbonyl (C=O) groups is 1. The van der Waals surface area contributed by atoms with E-state index in [0.29, 0.717) is 0 Å². The highest BCUT2D eigenvalue weighted by Crippen LogP contribution is 2.16. The van der Waals surface area contributed by atoms with Crippen LogP contribution in [-0.2, 0) is 9.53 Å². The molecule has 0 fully saturated rings. The molecule has 0 atom stereocenters. The summed E-state index contributed by atoms with van der Waals surface area (Å²) in [5, 5.41) is 10.7. The number of rotatable bonds is 6. The van der Waals surface area contributed by atoms with E-state index < -0.39 is 30.5 Å². The molecule has 0 radical (unpaired) electrons. The molecule has 0 spiro atoms. The van der Waals surface area contributed by atoms with Crippen molar-refractivity contribution in [2.75, 3.05) is 26.8 Å². The molecule has 0 bridgehead atoms. The first-order valence-corrected chi connectivity index (χ1v) is 4.53. The highest BCUT2D eigenvalue weighted by atomic mass is 19.3. The quantitative estimate of drug-likeness (QED) is 0.642. The molecule has 90 valence electrons. The molecule has 0 aliphatic rings. The van der Waals surface area contributed by atoms with Gasteiger partial charge in [-0.15, -0.1) is 0 Å². The highest BCUT2D eigenvalue weighted by Gasteiger charge is 2.31. The minimum atomic E-state index is -3.16. The van der Waals surface area contributed by atoms with Gasteiger partial charge in [-0.3, -0.25) is 4.79 Å². The van der Waals surface area contributed by atoms with Gasteiger partial charge in [-0.25, -0.2) is 8.78 Å². The second-order valence-corrected chi connectivity index (χ2v) is 3.99. The van der Waals surface area contributed by atoms with Crippen LogP contribution in [0, 0.1) is 5.41 Å². The summed E-state index contributed by atoms with van der Waals surface area (Å²) in [4.78, 5) is 11.2. The van der Waals surface area contributed by atoms with Crippen LogP contribution < -0.4 is 5.32 Å². The molecule has 2 N–H and O–H groups in total. The molecule has 0 aromatic heterocycles. The Labute approximate surface area is 87.6 Å². The van der Waals surface area contributed by atoms with Crippen LogP contribution in [0.25, 0.3) is 0 Å². The summed E-state index contributed by atoms with van der Waals surface area (Å²) < 4.78 is 29.7. The summed E-state index contributed by atoms with van der Waals surface area (Å²) in [6, 6.07) is 0. The SMILES string of the molecule is COC(=O)C(C)(C)CNCC(F)(F)CO. The Balaban J connectivity index is 4.00. The molecule has 6 heteroatoms. The monoisotopic (exact) mass is 225 g/mol. The van der Waals surface area contributed by atoms with Gasteiger partial charge in [-0.1, -0.05) is 0 Å². The number of nitrogens with one attached hydrogen (secondary N) is 1. The lowest BCUT2D eigenvalue weighted by atomic mass is 9.94. The maximum absolute atomic E-state index is 12.6. The van der Waals surface area contributed by atoms with Crippen molar-refractivity contribution in [3.63, 3.8) is 0 Å². The number of aliphatic hydroxyl groups is 1. The zero-order valence-corrected chi connectivity index (χ0v) is 9.14. The molecule has 15 heavy (non-hydrogen) atoms. The molecule has 0 amide bonds. The number of methoxy groups -OCH3 is 1. The fourth-order valence-electron chi connectivity index (χ4n) is 0.962. The first-order valence-electron chi connectivity index (χ1n) is 4.53. The van der Waals surface area contributed by atoms with E-state index in [2.05, 4.69) is 10.1 Å². The lowest BCUT2D eigenvalue weighted by Gasteiger charge is -2.23. The summed E-state index contributed by atoms with van der Waals surface area (Å²) >= 11 is 0. The van der Waals surface area contributed by atoms with Crippen LogP contribution in [0.1, 0.15) is 13.8 Å². The van der Waals surface area contributed by atoms with Crippen molar-refractivity contribution in [3.8, 4) is 0 Å². The summed E-state index contributed by atoms with van der Waals surface area (Å²) in [7, 11) is 1.24. The standard InChI is InChI=1S/C9H17F2NO3/c1-8(2,7(14)15-3)4-12-5-9(10,11)6-13/h12-13H,4-6H2,1-3H3. The molecule has 0 aromatic rings. The number of ether oxygens (including phenoxy) is 1. The minimum Gasteiger partial charge on any atom is -0.469 e. The second-order valence-electron chi connectivity index (χ2n) is 3.99. The average Bonchev–Trinajstić information content (AvgIpc) is 2.16. The topological polar surface area (TPSA) is 58.6 Å². The first kappa shape index (κ1) is 14.2. The van der Waals surface area contributed by atoms with Crippen LogP contribution in [0.5, 0.6) is 0 Å². The van der Waals surface area contributed by atoms with Crippen molar-refractivity contribution in [2.24, 2.45) is 5.41 Å². The summed E-state index contributed by atoms with van der Waals surface area (Å²) in [5.74, 6) is -3.63. The molecule has 0 unspecified atom stereocenters. The number of halogens is 2. The van der Waals surface area contributed by atoms with Crippen molar-refractivity contribution < 1.29 is 23.4 Å². The number of esters is 1. The predicted molar refractivity (Wildman–Crippen MR) is 50.7 cm³/mol. The van der Waals surface area contributed by atoms with Crippen LogP contribution in [0.2, 0.25) is 0 Å². The third-order valence-electron chi connectivity index (χ3n) is 1.92. The van der Waals surface area contributed by atoms with Gasteiger partial charge in [-0.05, 0) is 13.8 Å². The van der Waals surface area contributed by atoms with Crippen molar-refractivity contribution in [2.45, 2.75) is 19.8 Å². The molecule has 0 rings (SSSR count). The van der Waals surface area contributed by atoms with E-state index in [1.54, 1.807) is 13.8 Å². The van der Waals surface area contributed by atoms with Crippen LogP contribution in [0.3, 0.4) is 0 Å². The lowest BCUT2D eigenvalue weighted by molar-refractivity contribution is -0.150. The van der Waals surface area contributed by atoms with Gasteiger partial charge in [0.2, 0.25) is 0 Å². The third kappa shape index (κ3) is 5.03. The zero-order valence-electron chi connectivity index (χ0n) is 9.14. The summed E-state index contributed by atoms with van der Waals surface area (Å²) in [6.07, 6.45) is 0. The molecule has 0 saturated carbocycles. The molecule has 4 nitrogen and oxygen atoms in total. The van der Waals surface area contributed by atoms with E-state index in [-0.39, 0.29) is 6.54 Å². The molecule has 0 heterocycles. The first-order chi connectivity index (χ1) is 6.75. The summed E-state index contributed by atoms with van der Waals surface area (Å²) in [6.45, 7) is 1.36. The molecular formula is C9H17F2NO3. The molecule has 0 aliphatic carbocycles. The van der Waals surface area contributed by atoms with Gasteiger partial charge in [0.05, 0.1) is 19.1 Å². The summed E-state index contributed by atoms with van der Waals surface area (Å²) in [5.41, 5.74) is -0.861. The van der Waals surface area contributed by atoms with E-state index in [9.17, 15) is 13.6 Å². The normalized spacial score (nSPS) is 12.7. The number of hydrogen-bond donors (Lipinski definition) is 2. The van der Waals surface area contributed by atoms with Gasteiger partial charge >= 0.3 is 5.97 Å². The Morgan fingerprint density at radius 3 is 2.33 bits per heavy atom. The molecule has 0 aliphatic heterocycles. The number of hydrogen-bond acceptors (Lipinski definition) is 4.